The standard InChI is InChI=1S/C26H29N3O/c1-26(2)21-8-3-16(15-9-11-29(12-10-15)18-5-6-18)13-20(21)24(30)23-19-7-4-17(27)14-22(19)28-25(23)26/h3-4,7-8,13-15,18,28H,5-6,9-12,27H2,1-2H3. The summed E-state index contributed by atoms with van der Waals surface area (Å²) in [4.78, 5) is 19.9. The molecule has 0 bridgehead atoms. The van der Waals surface area contributed by atoms with E-state index in [0.29, 0.717) is 11.6 Å². The molecule has 2 fully saturated rings. The number of rotatable bonds is 2. The lowest BCUT2D eigenvalue weighted by atomic mass is 9.70. The molecule has 0 unspecified atom stereocenters. The average molecular weight is 400 g/mol. The summed E-state index contributed by atoms with van der Waals surface area (Å²) in [6.07, 6.45) is 5.16. The minimum Gasteiger partial charge on any atom is -0.399 e. The Balaban J connectivity index is 1.41. The molecule has 1 saturated carbocycles. The van der Waals surface area contributed by atoms with Crippen molar-refractivity contribution in [2.45, 2.75) is 56.9 Å². The van der Waals surface area contributed by atoms with E-state index < -0.39 is 0 Å². The Morgan fingerprint density at radius 2 is 1.80 bits per heavy atom. The van der Waals surface area contributed by atoms with Crippen LogP contribution in [0.5, 0.6) is 0 Å². The van der Waals surface area contributed by atoms with Gasteiger partial charge < -0.3 is 15.6 Å². The summed E-state index contributed by atoms with van der Waals surface area (Å²) in [5, 5.41) is 0.978. The second-order valence-corrected chi connectivity index (χ2v) is 9.98. The second-order valence-electron chi connectivity index (χ2n) is 9.98. The third kappa shape index (κ3) is 2.59. The van der Waals surface area contributed by atoms with Crippen molar-refractivity contribution >= 4 is 22.4 Å². The average Bonchev–Trinajstić information content (AvgIpc) is 3.52. The van der Waals surface area contributed by atoms with Crippen LogP contribution in [0.3, 0.4) is 0 Å². The number of hydrogen-bond donors (Lipinski definition) is 2. The molecule has 2 heterocycles. The lowest BCUT2D eigenvalue weighted by molar-refractivity contribution is 0.103. The molecule has 2 aliphatic carbocycles. The van der Waals surface area contributed by atoms with Gasteiger partial charge in [-0.15, -0.1) is 0 Å². The first-order chi connectivity index (χ1) is 14.4. The number of aromatic amines is 1. The van der Waals surface area contributed by atoms with E-state index in [1.54, 1.807) is 0 Å². The Labute approximate surface area is 177 Å². The number of ketones is 1. The smallest absolute Gasteiger partial charge is 0.195 e. The highest BCUT2D eigenvalue weighted by Crippen LogP contribution is 2.45. The summed E-state index contributed by atoms with van der Waals surface area (Å²) in [7, 11) is 0. The zero-order valence-electron chi connectivity index (χ0n) is 17.8. The van der Waals surface area contributed by atoms with Gasteiger partial charge in [0.1, 0.15) is 0 Å². The number of aromatic nitrogens is 1. The maximum Gasteiger partial charge on any atom is 0.195 e. The first-order valence-corrected chi connectivity index (χ1v) is 11.3. The van der Waals surface area contributed by atoms with Crippen molar-refractivity contribution in [2.75, 3.05) is 18.8 Å². The fourth-order valence-corrected chi connectivity index (χ4v) is 5.78. The van der Waals surface area contributed by atoms with Crippen molar-refractivity contribution in [3.63, 3.8) is 0 Å². The van der Waals surface area contributed by atoms with Crippen LogP contribution in [0.2, 0.25) is 0 Å². The van der Waals surface area contributed by atoms with Gasteiger partial charge in [-0.25, -0.2) is 0 Å². The number of benzene rings is 2. The minimum absolute atomic E-state index is 0.146. The van der Waals surface area contributed by atoms with Gasteiger partial charge in [0.2, 0.25) is 0 Å². The normalized spacial score (nSPS) is 21.6. The molecule has 0 atom stereocenters. The topological polar surface area (TPSA) is 62.1 Å². The van der Waals surface area contributed by atoms with Crippen molar-refractivity contribution < 1.29 is 4.79 Å². The number of nitrogens with zero attached hydrogens (tertiary/aromatic N) is 1. The second kappa shape index (κ2) is 6.21. The number of nitrogen functional groups attached to an aromatic ring is 1. The number of nitrogens with one attached hydrogen (secondary N) is 1. The molecule has 3 aliphatic rings. The van der Waals surface area contributed by atoms with Crippen LogP contribution in [-0.4, -0.2) is 34.8 Å². The van der Waals surface area contributed by atoms with Gasteiger partial charge in [0.25, 0.3) is 0 Å². The van der Waals surface area contributed by atoms with Gasteiger partial charge in [-0.2, -0.15) is 0 Å². The Morgan fingerprint density at radius 1 is 1.03 bits per heavy atom. The van der Waals surface area contributed by atoms with Crippen LogP contribution in [0.15, 0.2) is 36.4 Å². The van der Waals surface area contributed by atoms with Gasteiger partial charge in [0.15, 0.2) is 5.78 Å². The Hall–Kier alpha value is -2.59. The predicted octanol–water partition coefficient (Wildman–Crippen LogP) is 4.96. The molecule has 3 N–H and O–H groups in total. The highest BCUT2D eigenvalue weighted by molar-refractivity contribution is 6.20. The molecule has 154 valence electrons. The number of fused-ring (bicyclic) bond motifs is 4. The van der Waals surface area contributed by atoms with Crippen molar-refractivity contribution in [1.82, 2.24) is 9.88 Å². The fraction of sp³-hybridized carbons (Fsp3) is 0.423. The fourth-order valence-electron chi connectivity index (χ4n) is 5.78. The Kier molecular flexibility index (Phi) is 3.77. The molecule has 30 heavy (non-hydrogen) atoms. The summed E-state index contributed by atoms with van der Waals surface area (Å²) in [5.41, 5.74) is 12.6. The summed E-state index contributed by atoms with van der Waals surface area (Å²) in [6, 6.07) is 13.3. The third-order valence-corrected chi connectivity index (χ3v) is 7.70. The van der Waals surface area contributed by atoms with Crippen LogP contribution in [-0.2, 0) is 5.41 Å². The summed E-state index contributed by atoms with van der Waals surface area (Å²) >= 11 is 0. The lowest BCUT2D eigenvalue weighted by Crippen LogP contribution is -2.35. The molecule has 1 saturated heterocycles. The van der Waals surface area contributed by atoms with E-state index in [1.165, 1.54) is 44.3 Å². The van der Waals surface area contributed by atoms with Crippen LogP contribution in [0.1, 0.15) is 78.2 Å². The van der Waals surface area contributed by atoms with Gasteiger partial charge in [0.05, 0.1) is 5.56 Å². The molecular weight excluding hydrogens is 370 g/mol. The van der Waals surface area contributed by atoms with Crippen molar-refractivity contribution in [2.24, 2.45) is 0 Å². The summed E-state index contributed by atoms with van der Waals surface area (Å²) in [6.45, 7) is 6.81. The van der Waals surface area contributed by atoms with E-state index >= 15 is 0 Å². The van der Waals surface area contributed by atoms with Crippen molar-refractivity contribution in [3.05, 3.63) is 64.3 Å². The number of carbonyl (C=O) groups excluding carboxylic acids is 1. The molecule has 6 rings (SSSR count). The van der Waals surface area contributed by atoms with Crippen LogP contribution in [0, 0.1) is 0 Å². The number of likely N-dealkylation sites (tertiary alicyclic amines) is 1. The molecule has 0 spiro atoms. The molecule has 1 aromatic heterocycles. The number of nitrogens with two attached hydrogens (primary N) is 1. The number of hydrogen-bond acceptors (Lipinski definition) is 3. The lowest BCUT2D eigenvalue weighted by Gasteiger charge is -2.35. The SMILES string of the molecule is CC1(C)c2ccc(C3CCN(C4CC4)CC3)cc2C(=O)c2c1[nH]c1cc(N)ccc21. The Morgan fingerprint density at radius 3 is 2.53 bits per heavy atom. The van der Waals surface area contributed by atoms with E-state index in [-0.39, 0.29) is 11.2 Å². The van der Waals surface area contributed by atoms with Crippen molar-refractivity contribution in [3.8, 4) is 0 Å². The highest BCUT2D eigenvalue weighted by atomic mass is 16.1. The molecule has 2 aromatic carbocycles. The van der Waals surface area contributed by atoms with Gasteiger partial charge in [-0.05, 0) is 74.0 Å². The molecule has 0 radical (unpaired) electrons. The number of carbonyl (C=O) groups is 1. The van der Waals surface area contributed by atoms with E-state index in [9.17, 15) is 4.79 Å². The highest BCUT2D eigenvalue weighted by Gasteiger charge is 2.40. The minimum atomic E-state index is -0.250. The molecule has 3 aromatic rings. The van der Waals surface area contributed by atoms with Crippen LogP contribution in [0.4, 0.5) is 5.69 Å². The summed E-state index contributed by atoms with van der Waals surface area (Å²) in [5.74, 6) is 0.706. The molecule has 1 aliphatic heterocycles. The van der Waals surface area contributed by atoms with Gasteiger partial charge in [-0.1, -0.05) is 32.0 Å². The predicted molar refractivity (Wildman–Crippen MR) is 121 cm³/mol. The first-order valence-electron chi connectivity index (χ1n) is 11.3. The van der Waals surface area contributed by atoms with Crippen LogP contribution < -0.4 is 5.73 Å². The van der Waals surface area contributed by atoms with Crippen LogP contribution in [0.25, 0.3) is 10.9 Å². The monoisotopic (exact) mass is 399 g/mol. The first kappa shape index (κ1) is 18.2. The number of piperidine rings is 1. The molecule has 4 heteroatoms. The van der Waals surface area contributed by atoms with E-state index in [4.69, 9.17) is 5.73 Å². The molecule has 4 nitrogen and oxygen atoms in total. The van der Waals surface area contributed by atoms with Gasteiger partial charge in [-0.3, -0.25) is 4.79 Å². The van der Waals surface area contributed by atoms with E-state index in [2.05, 4.69) is 41.9 Å². The van der Waals surface area contributed by atoms with Gasteiger partial charge in [0, 0.05) is 39.3 Å². The summed E-state index contributed by atoms with van der Waals surface area (Å²) < 4.78 is 0. The van der Waals surface area contributed by atoms with E-state index in [1.807, 2.05) is 18.2 Å². The zero-order chi connectivity index (χ0) is 20.6. The molecular formula is C26H29N3O. The maximum atomic E-state index is 13.7. The van der Waals surface area contributed by atoms with Crippen LogP contribution >= 0.6 is 0 Å². The molecule has 0 amide bonds. The maximum absolute atomic E-state index is 13.7. The zero-order valence-corrected chi connectivity index (χ0v) is 17.8. The largest absolute Gasteiger partial charge is 0.399 e. The van der Waals surface area contributed by atoms with E-state index in [0.717, 1.165) is 39.3 Å². The third-order valence-electron chi connectivity index (χ3n) is 7.70. The Bertz CT molecular complexity index is 1180. The number of H-pyrrole nitrogens is 1. The van der Waals surface area contributed by atoms with Crippen molar-refractivity contribution in [1.29, 1.82) is 0 Å². The van der Waals surface area contributed by atoms with Gasteiger partial charge >= 0.3 is 0 Å². The quantitative estimate of drug-likeness (QED) is 0.599. The number of anilines is 1.